The van der Waals surface area contributed by atoms with Crippen LogP contribution in [0.2, 0.25) is 0 Å². The number of azide groups is 1. The number of nitrogens with zero attached hydrogens (tertiary/aromatic N) is 3. The lowest BCUT2D eigenvalue weighted by Crippen LogP contribution is -2.23. The molecule has 0 unspecified atom stereocenters. The first kappa shape index (κ1) is 11.8. The van der Waals surface area contributed by atoms with Crippen LogP contribution in [0.25, 0.3) is 10.4 Å². The molecule has 0 saturated carbocycles. The highest BCUT2D eigenvalue weighted by Crippen LogP contribution is 2.22. The number of carbonyl (C=O) groups excluding carboxylic acids is 1. The summed E-state index contributed by atoms with van der Waals surface area (Å²) in [7, 11) is 0. The number of ether oxygens (including phenoxy) is 1. The Morgan fingerprint density at radius 2 is 2.47 bits per heavy atom. The summed E-state index contributed by atoms with van der Waals surface area (Å²) in [6.45, 7) is 0.132. The van der Waals surface area contributed by atoms with E-state index in [4.69, 9.17) is 15.4 Å². The van der Waals surface area contributed by atoms with Gasteiger partial charge in [-0.1, -0.05) is 11.5 Å². The standard InChI is InChI=1S/C9H15N3O3/c10-12-11-7(3-1-2-6-13)8-4-5-9(14)15-8/h7-8,13H,1-6H2/t7-,8+/m1/s1. The number of carbonyl (C=O) groups is 1. The Morgan fingerprint density at radius 3 is 3.00 bits per heavy atom. The predicted octanol–water partition coefficient (Wildman–Crippen LogP) is 1.53. The van der Waals surface area contributed by atoms with Crippen molar-refractivity contribution in [2.45, 2.75) is 44.2 Å². The van der Waals surface area contributed by atoms with Gasteiger partial charge >= 0.3 is 5.97 Å². The largest absolute Gasteiger partial charge is 0.462 e. The molecule has 2 atom stereocenters. The van der Waals surface area contributed by atoms with Gasteiger partial charge in [-0.2, -0.15) is 0 Å². The van der Waals surface area contributed by atoms with E-state index in [1.165, 1.54) is 0 Å². The number of hydrogen-bond donors (Lipinski definition) is 1. The fourth-order valence-electron chi connectivity index (χ4n) is 1.67. The molecule has 1 aliphatic rings. The van der Waals surface area contributed by atoms with Crippen LogP contribution in [0.15, 0.2) is 5.11 Å². The second kappa shape index (κ2) is 6.27. The molecular formula is C9H15N3O3. The molecule has 1 saturated heterocycles. The quantitative estimate of drug-likeness (QED) is 0.238. The molecule has 1 rings (SSSR count). The minimum Gasteiger partial charge on any atom is -0.462 e. The summed E-state index contributed by atoms with van der Waals surface area (Å²) in [4.78, 5) is 13.7. The van der Waals surface area contributed by atoms with E-state index in [1.807, 2.05) is 0 Å². The van der Waals surface area contributed by atoms with Gasteiger partial charge in [0.1, 0.15) is 6.10 Å². The van der Waals surface area contributed by atoms with E-state index in [0.29, 0.717) is 25.7 Å². The highest BCUT2D eigenvalue weighted by molar-refractivity contribution is 5.71. The first-order chi connectivity index (χ1) is 7.27. The monoisotopic (exact) mass is 213 g/mol. The molecule has 1 N–H and O–H groups in total. The molecule has 0 bridgehead atoms. The van der Waals surface area contributed by atoms with E-state index in [1.54, 1.807) is 0 Å². The lowest BCUT2D eigenvalue weighted by Gasteiger charge is -2.16. The highest BCUT2D eigenvalue weighted by atomic mass is 16.5. The SMILES string of the molecule is [N-]=[N+]=N[C@H](CCCCO)[C@@H]1CCC(=O)O1. The zero-order chi connectivity index (χ0) is 11.1. The van der Waals surface area contributed by atoms with Crippen LogP contribution in [-0.4, -0.2) is 29.8 Å². The number of unbranched alkanes of at least 4 members (excludes halogenated alkanes) is 1. The molecule has 0 spiro atoms. The van der Waals surface area contributed by atoms with Crippen LogP contribution in [0.3, 0.4) is 0 Å². The van der Waals surface area contributed by atoms with Gasteiger partial charge in [0, 0.05) is 17.9 Å². The molecule has 0 aromatic rings. The number of cyclic esters (lactones) is 1. The lowest BCUT2D eigenvalue weighted by molar-refractivity contribution is -0.142. The molecule has 84 valence electrons. The van der Waals surface area contributed by atoms with Crippen molar-refractivity contribution in [1.29, 1.82) is 0 Å². The van der Waals surface area contributed by atoms with E-state index in [-0.39, 0.29) is 24.7 Å². The molecule has 6 nitrogen and oxygen atoms in total. The molecule has 1 heterocycles. The van der Waals surface area contributed by atoms with Crippen LogP contribution >= 0.6 is 0 Å². The third kappa shape index (κ3) is 3.77. The third-order valence-electron chi connectivity index (χ3n) is 2.45. The second-order valence-corrected chi connectivity index (χ2v) is 3.56. The van der Waals surface area contributed by atoms with Crippen molar-refractivity contribution in [3.05, 3.63) is 10.4 Å². The van der Waals surface area contributed by atoms with Crippen LogP contribution in [0, 0.1) is 0 Å². The topological polar surface area (TPSA) is 95.3 Å². The molecule has 1 fully saturated rings. The Balaban J connectivity index is 2.42. The van der Waals surface area contributed by atoms with Crippen molar-refractivity contribution in [1.82, 2.24) is 0 Å². The summed E-state index contributed by atoms with van der Waals surface area (Å²) in [6.07, 6.45) is 2.87. The van der Waals surface area contributed by atoms with Gasteiger partial charge in [0.25, 0.3) is 0 Å². The van der Waals surface area contributed by atoms with Gasteiger partial charge in [-0.15, -0.1) is 0 Å². The van der Waals surface area contributed by atoms with Crippen molar-refractivity contribution >= 4 is 5.97 Å². The summed E-state index contributed by atoms with van der Waals surface area (Å²) in [5.74, 6) is -0.222. The summed E-state index contributed by atoms with van der Waals surface area (Å²) in [5, 5.41) is 12.3. The van der Waals surface area contributed by atoms with E-state index in [0.717, 1.165) is 6.42 Å². The van der Waals surface area contributed by atoms with Gasteiger partial charge in [-0.05, 0) is 24.8 Å². The minimum absolute atomic E-state index is 0.132. The van der Waals surface area contributed by atoms with E-state index >= 15 is 0 Å². The predicted molar refractivity (Wildman–Crippen MR) is 53.0 cm³/mol. The minimum atomic E-state index is -0.284. The fraction of sp³-hybridized carbons (Fsp3) is 0.889. The first-order valence-corrected chi connectivity index (χ1v) is 5.12. The number of aliphatic hydroxyl groups is 1. The maximum Gasteiger partial charge on any atom is 0.306 e. The van der Waals surface area contributed by atoms with Gasteiger partial charge in [-0.3, -0.25) is 4.79 Å². The Bertz CT molecular complexity index is 263. The average Bonchev–Trinajstić information content (AvgIpc) is 2.64. The van der Waals surface area contributed by atoms with Gasteiger partial charge in [0.05, 0.1) is 6.04 Å². The smallest absolute Gasteiger partial charge is 0.306 e. The fourth-order valence-corrected chi connectivity index (χ4v) is 1.67. The molecule has 0 aliphatic carbocycles. The lowest BCUT2D eigenvalue weighted by atomic mass is 10.0. The maximum atomic E-state index is 10.9. The van der Waals surface area contributed by atoms with Gasteiger partial charge in [0.2, 0.25) is 0 Å². The van der Waals surface area contributed by atoms with E-state index in [9.17, 15) is 4.79 Å². The van der Waals surface area contributed by atoms with Crippen molar-refractivity contribution < 1.29 is 14.6 Å². The van der Waals surface area contributed by atoms with Crippen molar-refractivity contribution in [3.8, 4) is 0 Å². The number of rotatable bonds is 6. The molecule has 15 heavy (non-hydrogen) atoms. The summed E-state index contributed by atoms with van der Waals surface area (Å²) < 4.78 is 5.04. The summed E-state index contributed by atoms with van der Waals surface area (Å²) in [5.41, 5.74) is 8.39. The molecule has 0 radical (unpaired) electrons. The van der Waals surface area contributed by atoms with Gasteiger partial charge < -0.3 is 9.84 Å². The second-order valence-electron chi connectivity index (χ2n) is 3.56. The Hall–Kier alpha value is -1.26. The van der Waals surface area contributed by atoms with Crippen LogP contribution in [-0.2, 0) is 9.53 Å². The molecule has 6 heteroatoms. The highest BCUT2D eigenvalue weighted by Gasteiger charge is 2.29. The molecular weight excluding hydrogens is 198 g/mol. The Kier molecular flexibility index (Phi) is 4.93. The van der Waals surface area contributed by atoms with Crippen LogP contribution in [0.5, 0.6) is 0 Å². The Labute approximate surface area is 87.9 Å². The average molecular weight is 213 g/mol. The van der Waals surface area contributed by atoms with Gasteiger partial charge in [0.15, 0.2) is 0 Å². The number of esters is 1. The van der Waals surface area contributed by atoms with Crippen LogP contribution < -0.4 is 0 Å². The normalized spacial score (nSPS) is 21.9. The zero-order valence-corrected chi connectivity index (χ0v) is 8.50. The number of aliphatic hydroxyl groups excluding tert-OH is 1. The summed E-state index contributed by atoms with van der Waals surface area (Å²) >= 11 is 0. The van der Waals surface area contributed by atoms with Gasteiger partial charge in [-0.25, -0.2) is 0 Å². The Morgan fingerprint density at radius 1 is 1.67 bits per heavy atom. The molecule has 0 amide bonds. The van der Waals surface area contributed by atoms with Crippen molar-refractivity contribution in [2.75, 3.05) is 6.61 Å². The first-order valence-electron chi connectivity index (χ1n) is 5.12. The maximum absolute atomic E-state index is 10.9. The summed E-state index contributed by atoms with van der Waals surface area (Å²) in [6, 6.07) is -0.284. The van der Waals surface area contributed by atoms with E-state index in [2.05, 4.69) is 10.0 Å². The van der Waals surface area contributed by atoms with E-state index < -0.39 is 0 Å². The molecule has 0 aromatic carbocycles. The van der Waals surface area contributed by atoms with Crippen molar-refractivity contribution in [2.24, 2.45) is 5.11 Å². The zero-order valence-electron chi connectivity index (χ0n) is 8.50. The third-order valence-corrected chi connectivity index (χ3v) is 2.45. The van der Waals surface area contributed by atoms with Crippen molar-refractivity contribution in [3.63, 3.8) is 0 Å². The number of hydrogen-bond acceptors (Lipinski definition) is 4. The van der Waals surface area contributed by atoms with Crippen LogP contribution in [0.1, 0.15) is 32.1 Å². The molecule has 0 aromatic heterocycles. The van der Waals surface area contributed by atoms with Crippen LogP contribution in [0.4, 0.5) is 0 Å². The molecule has 1 aliphatic heterocycles.